The molecule has 1 aliphatic heterocycles. The molecule has 1 amide bonds. The van der Waals surface area contributed by atoms with Crippen LogP contribution in [0.1, 0.15) is 18.4 Å². The van der Waals surface area contributed by atoms with E-state index in [1.807, 2.05) is 0 Å². The van der Waals surface area contributed by atoms with Gasteiger partial charge in [-0.15, -0.1) is 13.2 Å². The summed E-state index contributed by atoms with van der Waals surface area (Å²) in [5.41, 5.74) is 0.563. The molecule has 0 spiro atoms. The molecular formula is C16H21F3N2O4S. The van der Waals surface area contributed by atoms with Crippen LogP contribution in [-0.2, 0) is 21.2 Å². The molecule has 0 bridgehead atoms. The SMILES string of the molecule is CN(Cc1ccc(OC(F)(F)F)cc1)C(=O)C1(S(C)(=O)=O)CCNCC1. The maximum Gasteiger partial charge on any atom is 0.573 e. The van der Waals surface area contributed by atoms with Crippen molar-refractivity contribution in [1.29, 1.82) is 0 Å². The molecule has 1 aliphatic rings. The maximum absolute atomic E-state index is 12.9. The van der Waals surface area contributed by atoms with Crippen molar-refractivity contribution >= 4 is 15.7 Å². The third kappa shape index (κ3) is 4.67. The summed E-state index contributed by atoms with van der Waals surface area (Å²) in [6.07, 6.45) is -3.33. The van der Waals surface area contributed by atoms with E-state index in [-0.39, 0.29) is 25.1 Å². The monoisotopic (exact) mass is 394 g/mol. The lowest BCUT2D eigenvalue weighted by molar-refractivity contribution is -0.274. The molecule has 10 heteroatoms. The highest BCUT2D eigenvalue weighted by Crippen LogP contribution is 2.30. The van der Waals surface area contributed by atoms with Crippen molar-refractivity contribution in [3.05, 3.63) is 29.8 Å². The van der Waals surface area contributed by atoms with Gasteiger partial charge in [0.05, 0.1) is 0 Å². The zero-order chi connectivity index (χ0) is 19.6. The van der Waals surface area contributed by atoms with Gasteiger partial charge in [-0.2, -0.15) is 0 Å². The largest absolute Gasteiger partial charge is 0.573 e. The summed E-state index contributed by atoms with van der Waals surface area (Å²) < 4.78 is 63.4. The molecule has 1 aromatic carbocycles. The highest BCUT2D eigenvalue weighted by molar-refractivity contribution is 7.92. The lowest BCUT2D eigenvalue weighted by Crippen LogP contribution is -2.57. The Labute approximate surface area is 150 Å². The van der Waals surface area contributed by atoms with E-state index in [0.717, 1.165) is 18.4 Å². The van der Waals surface area contributed by atoms with Crippen molar-refractivity contribution in [2.45, 2.75) is 30.5 Å². The van der Waals surface area contributed by atoms with Gasteiger partial charge in [-0.3, -0.25) is 4.79 Å². The standard InChI is InChI=1S/C16H21F3N2O4S/c1-21(11-12-3-5-13(6-4-12)25-16(17,18)19)14(22)15(26(2,23)24)7-9-20-10-8-15/h3-6,20H,7-11H2,1-2H3. The van der Waals surface area contributed by atoms with Crippen molar-refractivity contribution in [3.8, 4) is 5.75 Å². The van der Waals surface area contributed by atoms with Gasteiger partial charge in [0.25, 0.3) is 0 Å². The van der Waals surface area contributed by atoms with Crippen molar-refractivity contribution in [2.24, 2.45) is 0 Å². The quantitative estimate of drug-likeness (QED) is 0.823. The molecule has 1 aromatic rings. The fourth-order valence-electron chi connectivity index (χ4n) is 3.06. The third-order valence-electron chi connectivity index (χ3n) is 4.43. The van der Waals surface area contributed by atoms with E-state index in [1.165, 1.54) is 24.1 Å². The number of ether oxygens (including phenoxy) is 1. The number of amides is 1. The zero-order valence-electron chi connectivity index (χ0n) is 14.5. The topological polar surface area (TPSA) is 75.7 Å². The van der Waals surface area contributed by atoms with Crippen LogP contribution in [0.25, 0.3) is 0 Å². The molecule has 0 aromatic heterocycles. The number of alkyl halides is 3. The number of hydrogen-bond donors (Lipinski definition) is 1. The molecule has 0 radical (unpaired) electrons. The summed E-state index contributed by atoms with van der Waals surface area (Å²) in [6, 6.07) is 5.11. The van der Waals surface area contributed by atoms with Gasteiger partial charge in [0.1, 0.15) is 5.75 Å². The van der Waals surface area contributed by atoms with E-state index in [0.29, 0.717) is 18.7 Å². The Morgan fingerprint density at radius 3 is 2.23 bits per heavy atom. The van der Waals surface area contributed by atoms with Gasteiger partial charge in [0.15, 0.2) is 14.6 Å². The number of nitrogens with one attached hydrogen (secondary N) is 1. The van der Waals surface area contributed by atoms with Crippen LogP contribution in [0.15, 0.2) is 24.3 Å². The fourth-order valence-corrected chi connectivity index (χ4v) is 4.48. The van der Waals surface area contributed by atoms with E-state index in [4.69, 9.17) is 0 Å². The minimum atomic E-state index is -4.77. The second-order valence-electron chi connectivity index (χ2n) is 6.37. The lowest BCUT2D eigenvalue weighted by Gasteiger charge is -2.37. The minimum absolute atomic E-state index is 0.0792. The molecular weight excluding hydrogens is 373 g/mol. The third-order valence-corrected chi connectivity index (χ3v) is 6.44. The van der Waals surface area contributed by atoms with Crippen LogP contribution in [0.4, 0.5) is 13.2 Å². The number of sulfone groups is 1. The Balaban J connectivity index is 2.13. The van der Waals surface area contributed by atoms with Crippen LogP contribution in [0.2, 0.25) is 0 Å². The zero-order valence-corrected chi connectivity index (χ0v) is 15.3. The van der Waals surface area contributed by atoms with E-state index >= 15 is 0 Å². The van der Waals surface area contributed by atoms with Crippen LogP contribution >= 0.6 is 0 Å². The fraction of sp³-hybridized carbons (Fsp3) is 0.562. The second kappa shape index (κ2) is 7.43. The van der Waals surface area contributed by atoms with Crippen LogP contribution in [0.3, 0.4) is 0 Å². The summed E-state index contributed by atoms with van der Waals surface area (Å²) in [7, 11) is -2.14. The predicted octanol–water partition coefficient (Wildman–Crippen LogP) is 1.71. The number of carbonyl (C=O) groups excluding carboxylic acids is 1. The first-order valence-electron chi connectivity index (χ1n) is 7.95. The molecule has 26 heavy (non-hydrogen) atoms. The number of carbonyl (C=O) groups is 1. The van der Waals surface area contributed by atoms with E-state index < -0.39 is 26.9 Å². The first-order chi connectivity index (χ1) is 11.9. The summed E-state index contributed by atoms with van der Waals surface area (Å²) >= 11 is 0. The van der Waals surface area contributed by atoms with Gasteiger partial charge in [-0.25, -0.2) is 8.42 Å². The smallest absolute Gasteiger partial charge is 0.406 e. The average Bonchev–Trinajstić information content (AvgIpc) is 2.54. The number of nitrogens with zero attached hydrogens (tertiary/aromatic N) is 1. The van der Waals surface area contributed by atoms with Gasteiger partial charge in [0.2, 0.25) is 5.91 Å². The first-order valence-corrected chi connectivity index (χ1v) is 9.84. The van der Waals surface area contributed by atoms with Gasteiger partial charge in [-0.1, -0.05) is 12.1 Å². The number of rotatable bonds is 5. The number of piperidine rings is 1. The Morgan fingerprint density at radius 2 is 1.77 bits per heavy atom. The van der Waals surface area contributed by atoms with Crippen molar-refractivity contribution in [1.82, 2.24) is 10.2 Å². The molecule has 2 rings (SSSR count). The van der Waals surface area contributed by atoms with Crippen LogP contribution < -0.4 is 10.1 Å². The van der Waals surface area contributed by atoms with Crippen molar-refractivity contribution in [3.63, 3.8) is 0 Å². The summed E-state index contributed by atoms with van der Waals surface area (Å²) in [5.74, 6) is -0.863. The number of hydrogen-bond acceptors (Lipinski definition) is 5. The van der Waals surface area contributed by atoms with Gasteiger partial charge in [-0.05, 0) is 43.6 Å². The molecule has 1 saturated heterocycles. The molecule has 0 unspecified atom stereocenters. The normalized spacial score (nSPS) is 17.6. The van der Waals surface area contributed by atoms with Crippen molar-refractivity contribution in [2.75, 3.05) is 26.4 Å². The van der Waals surface area contributed by atoms with Crippen LogP contribution in [0, 0.1) is 0 Å². The van der Waals surface area contributed by atoms with Crippen molar-refractivity contribution < 1.29 is 31.1 Å². The molecule has 1 fully saturated rings. The Morgan fingerprint density at radius 1 is 1.23 bits per heavy atom. The summed E-state index contributed by atoms with van der Waals surface area (Å²) in [6.45, 7) is 0.933. The lowest BCUT2D eigenvalue weighted by atomic mass is 9.95. The van der Waals surface area contributed by atoms with Gasteiger partial charge < -0.3 is 15.0 Å². The molecule has 0 saturated carbocycles. The summed E-state index contributed by atoms with van der Waals surface area (Å²) in [5, 5.41) is 3.04. The molecule has 6 nitrogen and oxygen atoms in total. The second-order valence-corrected chi connectivity index (χ2v) is 8.70. The van der Waals surface area contributed by atoms with Gasteiger partial charge in [0, 0.05) is 19.8 Å². The Kier molecular flexibility index (Phi) is 5.86. The Hall–Kier alpha value is -1.81. The molecule has 1 N–H and O–H groups in total. The molecule has 0 atom stereocenters. The first kappa shape index (κ1) is 20.5. The molecule has 146 valence electrons. The highest BCUT2D eigenvalue weighted by Gasteiger charge is 2.49. The van der Waals surface area contributed by atoms with Crippen LogP contribution in [-0.4, -0.2) is 56.7 Å². The van der Waals surface area contributed by atoms with Gasteiger partial charge >= 0.3 is 6.36 Å². The highest BCUT2D eigenvalue weighted by atomic mass is 32.2. The molecule has 0 aliphatic carbocycles. The minimum Gasteiger partial charge on any atom is -0.406 e. The van der Waals surface area contributed by atoms with E-state index in [1.54, 1.807) is 0 Å². The maximum atomic E-state index is 12.9. The Bertz CT molecular complexity index is 742. The van der Waals surface area contributed by atoms with Crippen LogP contribution in [0.5, 0.6) is 5.75 Å². The average molecular weight is 394 g/mol. The van der Waals surface area contributed by atoms with E-state index in [9.17, 15) is 26.4 Å². The molecule has 1 heterocycles. The number of benzene rings is 1. The number of halogens is 3. The predicted molar refractivity (Wildman–Crippen MR) is 89.3 cm³/mol. The van der Waals surface area contributed by atoms with E-state index in [2.05, 4.69) is 10.1 Å². The summed E-state index contributed by atoms with van der Waals surface area (Å²) in [4.78, 5) is 14.2.